The fourth-order valence-corrected chi connectivity index (χ4v) is 2.71. The predicted octanol–water partition coefficient (Wildman–Crippen LogP) is 2.79. The second-order valence-electron chi connectivity index (χ2n) is 5.30. The minimum Gasteiger partial charge on any atom is -0.317 e. The molecule has 4 heteroatoms. The van der Waals surface area contributed by atoms with E-state index in [-0.39, 0.29) is 0 Å². The molecule has 1 heterocycles. The molecule has 1 aliphatic heterocycles. The molecule has 0 spiro atoms. The molecule has 1 N–H and O–H groups in total. The lowest BCUT2D eigenvalue weighted by Crippen LogP contribution is -2.39. The maximum Gasteiger partial charge on any atom is 0.159 e. The quantitative estimate of drug-likeness (QED) is 0.883. The molecule has 1 aliphatic rings. The van der Waals surface area contributed by atoms with Crippen LogP contribution in [0.4, 0.5) is 8.78 Å². The topological polar surface area (TPSA) is 15.3 Å². The smallest absolute Gasteiger partial charge is 0.159 e. The average Bonchev–Trinajstić information content (AvgIpc) is 2.41. The second kappa shape index (κ2) is 6.96. The largest absolute Gasteiger partial charge is 0.317 e. The van der Waals surface area contributed by atoms with Gasteiger partial charge in [0.15, 0.2) is 11.6 Å². The molecule has 1 aromatic carbocycles. The summed E-state index contributed by atoms with van der Waals surface area (Å²) in [4.78, 5) is 2.33. The highest BCUT2D eigenvalue weighted by molar-refractivity contribution is 5.17. The first kappa shape index (κ1) is 14.4. The van der Waals surface area contributed by atoms with Crippen molar-refractivity contribution < 1.29 is 8.78 Å². The van der Waals surface area contributed by atoms with Crippen molar-refractivity contribution in [1.82, 2.24) is 10.2 Å². The van der Waals surface area contributed by atoms with Gasteiger partial charge in [0.25, 0.3) is 0 Å². The Balaban J connectivity index is 1.89. The van der Waals surface area contributed by atoms with Crippen LogP contribution in [0.2, 0.25) is 0 Å². The summed E-state index contributed by atoms with van der Waals surface area (Å²) in [7, 11) is 0. The molecule has 1 aromatic rings. The van der Waals surface area contributed by atoms with E-state index < -0.39 is 11.6 Å². The summed E-state index contributed by atoms with van der Waals surface area (Å²) < 4.78 is 26.1. The van der Waals surface area contributed by atoms with E-state index in [2.05, 4.69) is 17.1 Å². The first-order valence-electron chi connectivity index (χ1n) is 7.06. The molecule has 1 unspecified atom stereocenters. The van der Waals surface area contributed by atoms with Gasteiger partial charge in [0, 0.05) is 13.1 Å². The highest BCUT2D eigenvalue weighted by Gasteiger charge is 2.19. The zero-order chi connectivity index (χ0) is 13.7. The Bertz CT molecular complexity index is 409. The molecule has 0 aliphatic carbocycles. The minimum atomic E-state index is -0.771. The van der Waals surface area contributed by atoms with E-state index in [1.54, 1.807) is 6.07 Å². The molecular weight excluding hydrogens is 246 g/mol. The van der Waals surface area contributed by atoms with Crippen molar-refractivity contribution in [3.8, 4) is 0 Å². The summed E-state index contributed by atoms with van der Waals surface area (Å²) in [5, 5.41) is 3.38. The van der Waals surface area contributed by atoms with Gasteiger partial charge in [0.05, 0.1) is 0 Å². The molecule has 0 saturated carbocycles. The number of piperidine rings is 1. The van der Waals surface area contributed by atoms with E-state index in [0.717, 1.165) is 31.7 Å². The standard InChI is InChI=1S/C15H22F2N2/c1-2-18-9-13-4-3-7-19(11-13)10-12-5-6-14(16)15(17)8-12/h5-6,8,13,18H,2-4,7,9-11H2,1H3. The fourth-order valence-electron chi connectivity index (χ4n) is 2.71. The van der Waals surface area contributed by atoms with Crippen LogP contribution in [0, 0.1) is 17.6 Å². The number of rotatable bonds is 5. The lowest BCUT2D eigenvalue weighted by molar-refractivity contribution is 0.165. The van der Waals surface area contributed by atoms with Crippen molar-refractivity contribution in [2.75, 3.05) is 26.2 Å². The van der Waals surface area contributed by atoms with Gasteiger partial charge in [-0.05, 0) is 56.1 Å². The second-order valence-corrected chi connectivity index (χ2v) is 5.30. The van der Waals surface area contributed by atoms with Crippen LogP contribution in [0.25, 0.3) is 0 Å². The van der Waals surface area contributed by atoms with Gasteiger partial charge in [-0.2, -0.15) is 0 Å². The van der Waals surface area contributed by atoms with Crippen LogP contribution in [0.1, 0.15) is 25.3 Å². The number of likely N-dealkylation sites (tertiary alicyclic amines) is 1. The summed E-state index contributed by atoms with van der Waals surface area (Å²) in [6.45, 7) is 6.94. The third-order valence-electron chi connectivity index (χ3n) is 3.68. The summed E-state index contributed by atoms with van der Waals surface area (Å²) in [6.07, 6.45) is 2.43. The fraction of sp³-hybridized carbons (Fsp3) is 0.600. The normalized spacial score (nSPS) is 20.7. The lowest BCUT2D eigenvalue weighted by Gasteiger charge is -2.32. The van der Waals surface area contributed by atoms with Crippen LogP contribution in [-0.4, -0.2) is 31.1 Å². The SMILES string of the molecule is CCNCC1CCCN(Cc2ccc(F)c(F)c2)C1. The predicted molar refractivity (Wildman–Crippen MR) is 72.9 cm³/mol. The van der Waals surface area contributed by atoms with E-state index >= 15 is 0 Å². The maximum absolute atomic E-state index is 13.2. The van der Waals surface area contributed by atoms with Crippen molar-refractivity contribution in [1.29, 1.82) is 0 Å². The Morgan fingerprint density at radius 1 is 1.32 bits per heavy atom. The third kappa shape index (κ3) is 4.25. The van der Waals surface area contributed by atoms with Gasteiger partial charge in [-0.15, -0.1) is 0 Å². The summed E-state index contributed by atoms with van der Waals surface area (Å²) in [6, 6.07) is 4.19. The highest BCUT2D eigenvalue weighted by Crippen LogP contribution is 2.19. The van der Waals surface area contributed by atoms with Gasteiger partial charge >= 0.3 is 0 Å². The van der Waals surface area contributed by atoms with Crippen molar-refractivity contribution >= 4 is 0 Å². The number of hydrogen-bond donors (Lipinski definition) is 1. The molecule has 1 fully saturated rings. The summed E-state index contributed by atoms with van der Waals surface area (Å²) in [5.74, 6) is -0.856. The molecule has 0 amide bonds. The van der Waals surface area contributed by atoms with Crippen LogP contribution < -0.4 is 5.32 Å². The number of halogens is 2. The van der Waals surface area contributed by atoms with Gasteiger partial charge in [0.2, 0.25) is 0 Å². The summed E-state index contributed by atoms with van der Waals surface area (Å²) >= 11 is 0. The molecule has 2 nitrogen and oxygen atoms in total. The maximum atomic E-state index is 13.2. The van der Waals surface area contributed by atoms with Crippen LogP contribution in [0.3, 0.4) is 0 Å². The van der Waals surface area contributed by atoms with Crippen molar-refractivity contribution in [2.24, 2.45) is 5.92 Å². The Labute approximate surface area is 113 Å². The Hall–Kier alpha value is -1.00. The molecule has 0 bridgehead atoms. The molecule has 0 radical (unpaired) electrons. The first-order chi connectivity index (χ1) is 9.19. The molecule has 1 saturated heterocycles. The monoisotopic (exact) mass is 268 g/mol. The van der Waals surface area contributed by atoms with Crippen LogP contribution in [0.5, 0.6) is 0 Å². The van der Waals surface area contributed by atoms with Crippen LogP contribution in [-0.2, 0) is 6.54 Å². The highest BCUT2D eigenvalue weighted by atomic mass is 19.2. The van der Waals surface area contributed by atoms with Crippen molar-refractivity contribution in [3.05, 3.63) is 35.4 Å². The van der Waals surface area contributed by atoms with E-state index in [4.69, 9.17) is 0 Å². The zero-order valence-electron chi connectivity index (χ0n) is 11.5. The third-order valence-corrected chi connectivity index (χ3v) is 3.68. The van der Waals surface area contributed by atoms with Gasteiger partial charge in [-0.3, -0.25) is 4.90 Å². The lowest BCUT2D eigenvalue weighted by atomic mass is 9.97. The van der Waals surface area contributed by atoms with Crippen molar-refractivity contribution in [3.63, 3.8) is 0 Å². The summed E-state index contributed by atoms with van der Waals surface area (Å²) in [5.41, 5.74) is 0.850. The van der Waals surface area contributed by atoms with Gasteiger partial charge < -0.3 is 5.32 Å². The van der Waals surface area contributed by atoms with Crippen molar-refractivity contribution in [2.45, 2.75) is 26.3 Å². The minimum absolute atomic E-state index is 0.666. The number of nitrogens with zero attached hydrogens (tertiary/aromatic N) is 1. The molecular formula is C15H22F2N2. The van der Waals surface area contributed by atoms with E-state index in [0.29, 0.717) is 12.5 Å². The molecule has 0 aromatic heterocycles. The number of nitrogens with one attached hydrogen (secondary N) is 1. The Kier molecular flexibility index (Phi) is 5.28. The van der Waals surface area contributed by atoms with E-state index in [1.807, 2.05) is 0 Å². The zero-order valence-corrected chi connectivity index (χ0v) is 11.5. The number of hydrogen-bond acceptors (Lipinski definition) is 2. The number of benzene rings is 1. The van der Waals surface area contributed by atoms with Crippen LogP contribution >= 0.6 is 0 Å². The van der Waals surface area contributed by atoms with Gasteiger partial charge in [0.1, 0.15) is 0 Å². The van der Waals surface area contributed by atoms with Gasteiger partial charge in [-0.25, -0.2) is 8.78 Å². The Morgan fingerprint density at radius 3 is 2.89 bits per heavy atom. The van der Waals surface area contributed by atoms with Gasteiger partial charge in [-0.1, -0.05) is 13.0 Å². The van der Waals surface area contributed by atoms with E-state index in [1.165, 1.54) is 25.0 Å². The molecule has 1 atom stereocenters. The average molecular weight is 268 g/mol. The molecule has 2 rings (SSSR count). The van der Waals surface area contributed by atoms with E-state index in [9.17, 15) is 8.78 Å². The Morgan fingerprint density at radius 2 is 2.16 bits per heavy atom. The molecule has 19 heavy (non-hydrogen) atoms. The first-order valence-corrected chi connectivity index (χ1v) is 7.06. The van der Waals surface area contributed by atoms with Crippen LogP contribution in [0.15, 0.2) is 18.2 Å². The molecule has 106 valence electrons.